The first-order valence-corrected chi connectivity index (χ1v) is 11.4. The number of nitrogens with zero attached hydrogens (tertiary/aromatic N) is 1. The number of carbonyl (C=O) groups is 1. The van der Waals surface area contributed by atoms with Gasteiger partial charge >= 0.3 is 5.97 Å². The topological polar surface area (TPSA) is 66.4 Å². The van der Waals surface area contributed by atoms with Crippen molar-refractivity contribution in [3.8, 4) is 5.75 Å². The molecule has 0 fully saturated rings. The van der Waals surface area contributed by atoms with Gasteiger partial charge in [-0.1, -0.05) is 38.3 Å². The molecule has 0 atom stereocenters. The normalized spacial score (nSPS) is 11.1. The fourth-order valence-corrected chi connectivity index (χ4v) is 2.84. The Kier molecular flexibility index (Phi) is 12.8. The second kappa shape index (κ2) is 16.0. The van der Waals surface area contributed by atoms with Crippen LogP contribution in [0.3, 0.4) is 0 Å². The van der Waals surface area contributed by atoms with Gasteiger partial charge in [-0.2, -0.15) is 0 Å². The van der Waals surface area contributed by atoms with Crippen LogP contribution in [0.1, 0.15) is 55.5 Å². The molecule has 0 N–H and O–H groups in total. The van der Waals surface area contributed by atoms with Gasteiger partial charge in [0.1, 0.15) is 12.4 Å². The van der Waals surface area contributed by atoms with Crippen LogP contribution in [0.15, 0.2) is 53.5 Å². The van der Waals surface area contributed by atoms with Crippen molar-refractivity contribution in [3.63, 3.8) is 0 Å². The summed E-state index contributed by atoms with van der Waals surface area (Å²) in [5.74, 6) is 0.496. The van der Waals surface area contributed by atoms with Crippen LogP contribution in [-0.4, -0.2) is 51.8 Å². The molecular weight excluding hydrogens is 406 g/mol. The minimum atomic E-state index is -0.368. The second-order valence-electron chi connectivity index (χ2n) is 7.23. The van der Waals surface area contributed by atoms with E-state index in [1.54, 1.807) is 18.3 Å². The fourth-order valence-electron chi connectivity index (χ4n) is 2.84. The Morgan fingerprint density at radius 2 is 1.53 bits per heavy atom. The number of hydrogen-bond acceptors (Lipinski definition) is 6. The highest BCUT2D eigenvalue weighted by molar-refractivity contribution is 5.91. The summed E-state index contributed by atoms with van der Waals surface area (Å²) >= 11 is 0. The molecule has 2 rings (SSSR count). The average Bonchev–Trinajstić information content (AvgIpc) is 2.83. The van der Waals surface area contributed by atoms with Crippen molar-refractivity contribution >= 4 is 17.9 Å². The van der Waals surface area contributed by atoms with Gasteiger partial charge in [0.15, 0.2) is 0 Å². The molecule has 174 valence electrons. The molecule has 0 amide bonds. The van der Waals surface area contributed by atoms with Crippen molar-refractivity contribution < 1.29 is 23.7 Å². The largest absolute Gasteiger partial charge is 0.494 e. The summed E-state index contributed by atoms with van der Waals surface area (Å²) in [6.45, 7) is 7.16. The standard InChI is InChI=1S/C26H35NO5/c1-3-5-6-7-16-31-25-14-12-24(13-15-25)27-21-22-8-10-23(11-9-22)26(28)32-20-19-30-18-17-29-4-2/h8-15,21H,3-7,16-20H2,1-2H3. The lowest BCUT2D eigenvalue weighted by atomic mass is 10.1. The Hall–Kier alpha value is -2.70. The Bertz CT molecular complexity index is 787. The molecule has 0 aliphatic rings. The number of carbonyl (C=O) groups excluding carboxylic acids is 1. The van der Waals surface area contributed by atoms with Crippen molar-refractivity contribution in [2.24, 2.45) is 4.99 Å². The second-order valence-corrected chi connectivity index (χ2v) is 7.23. The molecule has 6 heteroatoms. The minimum Gasteiger partial charge on any atom is -0.494 e. The van der Waals surface area contributed by atoms with Crippen LogP contribution in [0.5, 0.6) is 5.75 Å². The van der Waals surface area contributed by atoms with Gasteiger partial charge < -0.3 is 18.9 Å². The van der Waals surface area contributed by atoms with Gasteiger partial charge in [-0.15, -0.1) is 0 Å². The summed E-state index contributed by atoms with van der Waals surface area (Å²) in [5.41, 5.74) is 2.24. The lowest BCUT2D eigenvalue weighted by molar-refractivity contribution is 0.0164. The predicted octanol–water partition coefficient (Wildman–Crippen LogP) is 5.61. The molecule has 0 aliphatic carbocycles. The van der Waals surface area contributed by atoms with E-state index in [1.165, 1.54) is 19.3 Å². The zero-order valence-corrected chi connectivity index (χ0v) is 19.3. The maximum atomic E-state index is 12.1. The van der Waals surface area contributed by atoms with Gasteiger partial charge in [0, 0.05) is 12.8 Å². The van der Waals surface area contributed by atoms with Gasteiger partial charge in [0.25, 0.3) is 0 Å². The Labute approximate surface area is 191 Å². The SMILES string of the molecule is CCCCCCOc1ccc(N=Cc2ccc(C(=O)OCCOCCOCC)cc2)cc1. The molecule has 0 bridgehead atoms. The summed E-state index contributed by atoms with van der Waals surface area (Å²) in [6, 6.07) is 14.9. The zero-order chi connectivity index (χ0) is 22.9. The van der Waals surface area contributed by atoms with Gasteiger partial charge in [-0.25, -0.2) is 4.79 Å². The molecule has 0 unspecified atom stereocenters. The minimum absolute atomic E-state index is 0.215. The third-order valence-electron chi connectivity index (χ3n) is 4.65. The van der Waals surface area contributed by atoms with Gasteiger partial charge in [0.05, 0.1) is 37.7 Å². The molecule has 2 aromatic carbocycles. The van der Waals surface area contributed by atoms with Crippen LogP contribution < -0.4 is 4.74 Å². The van der Waals surface area contributed by atoms with Crippen molar-refractivity contribution in [1.29, 1.82) is 0 Å². The van der Waals surface area contributed by atoms with E-state index in [1.807, 2.05) is 43.3 Å². The molecular formula is C26H35NO5. The average molecular weight is 442 g/mol. The summed E-state index contributed by atoms with van der Waals surface area (Å²) < 4.78 is 21.5. The molecule has 0 saturated heterocycles. The van der Waals surface area contributed by atoms with Crippen LogP contribution in [0.25, 0.3) is 0 Å². The maximum absolute atomic E-state index is 12.1. The van der Waals surface area contributed by atoms with Crippen LogP contribution >= 0.6 is 0 Å². The number of hydrogen-bond donors (Lipinski definition) is 0. The van der Waals surface area contributed by atoms with E-state index in [4.69, 9.17) is 18.9 Å². The molecule has 2 aromatic rings. The number of aliphatic imine (C=N–C) groups is 1. The first-order valence-electron chi connectivity index (χ1n) is 11.4. The lowest BCUT2D eigenvalue weighted by Gasteiger charge is -2.06. The van der Waals surface area contributed by atoms with E-state index in [9.17, 15) is 4.79 Å². The van der Waals surface area contributed by atoms with E-state index in [2.05, 4.69) is 11.9 Å². The quantitative estimate of drug-likeness (QED) is 0.193. The molecule has 0 radical (unpaired) electrons. The number of unbranched alkanes of at least 4 members (excludes halogenated alkanes) is 3. The van der Waals surface area contributed by atoms with Crippen LogP contribution in [0.4, 0.5) is 5.69 Å². The first-order chi connectivity index (χ1) is 15.7. The number of benzene rings is 2. The third-order valence-corrected chi connectivity index (χ3v) is 4.65. The van der Waals surface area contributed by atoms with E-state index < -0.39 is 0 Å². The molecule has 0 spiro atoms. The number of rotatable bonds is 16. The van der Waals surface area contributed by atoms with E-state index >= 15 is 0 Å². The molecule has 0 heterocycles. The van der Waals surface area contributed by atoms with E-state index in [0.29, 0.717) is 32.0 Å². The smallest absolute Gasteiger partial charge is 0.338 e. The number of esters is 1. The predicted molar refractivity (Wildman–Crippen MR) is 127 cm³/mol. The highest BCUT2D eigenvalue weighted by atomic mass is 16.6. The Morgan fingerprint density at radius 1 is 0.812 bits per heavy atom. The molecule has 0 aliphatic heterocycles. The molecule has 32 heavy (non-hydrogen) atoms. The third kappa shape index (κ3) is 10.6. The van der Waals surface area contributed by atoms with E-state index in [-0.39, 0.29) is 12.6 Å². The summed E-state index contributed by atoms with van der Waals surface area (Å²) in [7, 11) is 0. The van der Waals surface area contributed by atoms with Gasteiger partial charge in [-0.3, -0.25) is 4.99 Å². The highest BCUT2D eigenvalue weighted by Gasteiger charge is 2.06. The Morgan fingerprint density at radius 3 is 2.25 bits per heavy atom. The van der Waals surface area contributed by atoms with Gasteiger partial charge in [-0.05, 0) is 55.3 Å². The van der Waals surface area contributed by atoms with Crippen molar-refractivity contribution in [1.82, 2.24) is 0 Å². The van der Waals surface area contributed by atoms with Gasteiger partial charge in [0.2, 0.25) is 0 Å². The fraction of sp³-hybridized carbons (Fsp3) is 0.462. The number of ether oxygens (including phenoxy) is 4. The van der Waals surface area contributed by atoms with Crippen LogP contribution in [-0.2, 0) is 14.2 Å². The van der Waals surface area contributed by atoms with Crippen molar-refractivity contribution in [2.75, 3.05) is 39.6 Å². The Balaban J connectivity index is 1.71. The van der Waals surface area contributed by atoms with E-state index in [0.717, 1.165) is 30.0 Å². The maximum Gasteiger partial charge on any atom is 0.338 e. The highest BCUT2D eigenvalue weighted by Crippen LogP contribution is 2.18. The zero-order valence-electron chi connectivity index (χ0n) is 19.3. The van der Waals surface area contributed by atoms with Crippen LogP contribution in [0.2, 0.25) is 0 Å². The summed E-state index contributed by atoms with van der Waals surface area (Å²) in [6.07, 6.45) is 6.54. The lowest BCUT2D eigenvalue weighted by Crippen LogP contribution is -2.13. The molecule has 0 saturated carbocycles. The summed E-state index contributed by atoms with van der Waals surface area (Å²) in [5, 5.41) is 0. The summed E-state index contributed by atoms with van der Waals surface area (Å²) in [4.78, 5) is 16.6. The van der Waals surface area contributed by atoms with Crippen molar-refractivity contribution in [2.45, 2.75) is 39.5 Å². The first kappa shape index (κ1) is 25.6. The van der Waals surface area contributed by atoms with Crippen LogP contribution in [0, 0.1) is 0 Å². The van der Waals surface area contributed by atoms with Crippen molar-refractivity contribution in [3.05, 3.63) is 59.7 Å². The monoisotopic (exact) mass is 441 g/mol. The molecule has 0 aromatic heterocycles. The molecule has 6 nitrogen and oxygen atoms in total.